The lowest BCUT2D eigenvalue weighted by Gasteiger charge is -2.22. The van der Waals surface area contributed by atoms with Crippen LogP contribution in [0.15, 0.2) is 18.2 Å². The van der Waals surface area contributed by atoms with E-state index in [9.17, 15) is 14.0 Å². The Morgan fingerprint density at radius 3 is 2.85 bits per heavy atom. The molecule has 1 heterocycles. The molecular formula is C20H30FN3O2. The molecule has 5 nitrogen and oxygen atoms in total. The third kappa shape index (κ3) is 5.80. The van der Waals surface area contributed by atoms with Gasteiger partial charge < -0.3 is 16.0 Å². The summed E-state index contributed by atoms with van der Waals surface area (Å²) in [7, 11) is 0. The molecule has 1 aromatic carbocycles. The van der Waals surface area contributed by atoms with Crippen molar-refractivity contribution in [3.63, 3.8) is 0 Å². The fourth-order valence-corrected chi connectivity index (χ4v) is 3.16. The molecule has 1 saturated heterocycles. The van der Waals surface area contributed by atoms with Crippen LogP contribution in [-0.4, -0.2) is 42.4 Å². The molecule has 0 aliphatic carbocycles. The van der Waals surface area contributed by atoms with Crippen LogP contribution in [0.25, 0.3) is 0 Å². The van der Waals surface area contributed by atoms with Crippen molar-refractivity contribution in [1.29, 1.82) is 0 Å². The number of nitrogens with zero attached hydrogens (tertiary/aromatic N) is 1. The SMILES string of the molecule is CC(C)CCN1CCC(NC(=O)c2cc(CCN)ccc2F)CCC1=O. The Hall–Kier alpha value is -1.95. The van der Waals surface area contributed by atoms with Crippen molar-refractivity contribution >= 4 is 11.8 Å². The van der Waals surface area contributed by atoms with Gasteiger partial charge in [-0.25, -0.2) is 4.39 Å². The van der Waals surface area contributed by atoms with Crippen LogP contribution in [0.1, 0.15) is 55.5 Å². The first kappa shape index (κ1) is 20.4. The highest BCUT2D eigenvalue weighted by Crippen LogP contribution is 2.16. The van der Waals surface area contributed by atoms with E-state index in [-0.39, 0.29) is 17.5 Å². The quantitative estimate of drug-likeness (QED) is 0.781. The van der Waals surface area contributed by atoms with E-state index in [2.05, 4.69) is 19.2 Å². The second-order valence-corrected chi connectivity index (χ2v) is 7.41. The minimum atomic E-state index is -0.536. The first-order valence-corrected chi connectivity index (χ1v) is 9.47. The Balaban J connectivity index is 1.97. The zero-order valence-corrected chi connectivity index (χ0v) is 15.8. The lowest BCUT2D eigenvalue weighted by molar-refractivity contribution is -0.130. The maximum absolute atomic E-state index is 14.0. The van der Waals surface area contributed by atoms with Gasteiger partial charge in [0.05, 0.1) is 5.56 Å². The van der Waals surface area contributed by atoms with Crippen LogP contribution in [0.2, 0.25) is 0 Å². The number of benzene rings is 1. The molecular weight excluding hydrogens is 333 g/mol. The van der Waals surface area contributed by atoms with E-state index in [1.165, 1.54) is 6.07 Å². The van der Waals surface area contributed by atoms with Gasteiger partial charge in [-0.15, -0.1) is 0 Å². The van der Waals surface area contributed by atoms with E-state index in [4.69, 9.17) is 5.73 Å². The topological polar surface area (TPSA) is 75.4 Å². The average molecular weight is 363 g/mol. The van der Waals surface area contributed by atoms with E-state index in [1.807, 2.05) is 4.90 Å². The highest BCUT2D eigenvalue weighted by molar-refractivity contribution is 5.95. The third-order valence-electron chi connectivity index (χ3n) is 4.83. The summed E-state index contributed by atoms with van der Waals surface area (Å²) >= 11 is 0. The zero-order chi connectivity index (χ0) is 19.1. The maximum Gasteiger partial charge on any atom is 0.254 e. The van der Waals surface area contributed by atoms with Gasteiger partial charge in [-0.2, -0.15) is 0 Å². The summed E-state index contributed by atoms with van der Waals surface area (Å²) in [6, 6.07) is 4.40. The molecule has 1 fully saturated rings. The summed E-state index contributed by atoms with van der Waals surface area (Å²) in [4.78, 5) is 26.6. The third-order valence-corrected chi connectivity index (χ3v) is 4.83. The zero-order valence-electron chi connectivity index (χ0n) is 15.8. The molecule has 1 aliphatic heterocycles. The van der Waals surface area contributed by atoms with Crippen molar-refractivity contribution in [2.45, 2.75) is 52.0 Å². The molecule has 0 bridgehead atoms. The van der Waals surface area contributed by atoms with Gasteiger partial charge in [0.15, 0.2) is 0 Å². The Labute approximate surface area is 155 Å². The van der Waals surface area contributed by atoms with Crippen molar-refractivity contribution in [1.82, 2.24) is 10.2 Å². The minimum absolute atomic E-state index is 0.0446. The van der Waals surface area contributed by atoms with Crippen LogP contribution < -0.4 is 11.1 Å². The van der Waals surface area contributed by atoms with Gasteiger partial charge in [0.2, 0.25) is 5.91 Å². The number of hydrogen-bond donors (Lipinski definition) is 2. The summed E-state index contributed by atoms with van der Waals surface area (Å²) in [6.45, 7) is 6.11. The van der Waals surface area contributed by atoms with Gasteiger partial charge >= 0.3 is 0 Å². The van der Waals surface area contributed by atoms with Crippen LogP contribution >= 0.6 is 0 Å². The first-order valence-electron chi connectivity index (χ1n) is 9.47. The Morgan fingerprint density at radius 1 is 1.38 bits per heavy atom. The maximum atomic E-state index is 14.0. The van der Waals surface area contributed by atoms with Crippen molar-refractivity contribution in [3.05, 3.63) is 35.1 Å². The number of likely N-dealkylation sites (tertiary alicyclic amines) is 1. The van der Waals surface area contributed by atoms with Crippen molar-refractivity contribution in [2.24, 2.45) is 11.7 Å². The summed E-state index contributed by atoms with van der Waals surface area (Å²) in [5.74, 6) is -0.273. The molecule has 144 valence electrons. The molecule has 3 N–H and O–H groups in total. The fraction of sp³-hybridized carbons (Fsp3) is 0.600. The van der Waals surface area contributed by atoms with E-state index in [0.717, 1.165) is 18.5 Å². The fourth-order valence-electron chi connectivity index (χ4n) is 3.16. The number of rotatable bonds is 7. The van der Waals surface area contributed by atoms with Crippen LogP contribution in [0.5, 0.6) is 0 Å². The van der Waals surface area contributed by atoms with Gasteiger partial charge in [-0.05, 0) is 55.8 Å². The summed E-state index contributed by atoms with van der Waals surface area (Å²) in [5.41, 5.74) is 6.42. The van der Waals surface area contributed by atoms with Crippen LogP contribution in [-0.2, 0) is 11.2 Å². The van der Waals surface area contributed by atoms with Gasteiger partial charge in [0.1, 0.15) is 5.82 Å². The molecule has 0 radical (unpaired) electrons. The van der Waals surface area contributed by atoms with Gasteiger partial charge in [-0.1, -0.05) is 19.9 Å². The molecule has 0 saturated carbocycles. The van der Waals surface area contributed by atoms with Gasteiger partial charge in [0.25, 0.3) is 5.91 Å². The molecule has 1 atom stereocenters. The highest BCUT2D eigenvalue weighted by atomic mass is 19.1. The number of amides is 2. The average Bonchev–Trinajstić information content (AvgIpc) is 2.77. The monoisotopic (exact) mass is 363 g/mol. The van der Waals surface area contributed by atoms with E-state index >= 15 is 0 Å². The second kappa shape index (κ2) is 9.67. The summed E-state index contributed by atoms with van der Waals surface area (Å²) in [6.07, 6.45) is 3.27. The Kier molecular flexibility index (Phi) is 7.57. The van der Waals surface area contributed by atoms with E-state index in [1.54, 1.807) is 12.1 Å². The van der Waals surface area contributed by atoms with E-state index in [0.29, 0.717) is 44.7 Å². The van der Waals surface area contributed by atoms with Crippen molar-refractivity contribution in [2.75, 3.05) is 19.6 Å². The largest absolute Gasteiger partial charge is 0.349 e. The van der Waals surface area contributed by atoms with Gasteiger partial charge in [0, 0.05) is 25.6 Å². The van der Waals surface area contributed by atoms with Crippen molar-refractivity contribution in [3.8, 4) is 0 Å². The number of carbonyl (C=O) groups is 2. The molecule has 2 amide bonds. The number of hydrogen-bond acceptors (Lipinski definition) is 3. The molecule has 0 aromatic heterocycles. The van der Waals surface area contributed by atoms with Crippen LogP contribution in [0.4, 0.5) is 4.39 Å². The predicted molar refractivity (Wildman–Crippen MR) is 100 cm³/mol. The lowest BCUT2D eigenvalue weighted by atomic mass is 10.1. The lowest BCUT2D eigenvalue weighted by Crippen LogP contribution is -2.36. The smallest absolute Gasteiger partial charge is 0.254 e. The predicted octanol–water partition coefficient (Wildman–Crippen LogP) is 2.48. The Bertz CT molecular complexity index is 633. The minimum Gasteiger partial charge on any atom is -0.349 e. The molecule has 2 rings (SSSR count). The number of carbonyl (C=O) groups excluding carboxylic acids is 2. The first-order chi connectivity index (χ1) is 12.4. The molecule has 1 unspecified atom stereocenters. The van der Waals surface area contributed by atoms with Crippen LogP contribution in [0, 0.1) is 11.7 Å². The van der Waals surface area contributed by atoms with E-state index < -0.39 is 11.7 Å². The molecule has 1 aromatic rings. The summed E-state index contributed by atoms with van der Waals surface area (Å²) < 4.78 is 14.0. The van der Waals surface area contributed by atoms with Gasteiger partial charge in [-0.3, -0.25) is 9.59 Å². The molecule has 6 heteroatoms. The van der Waals surface area contributed by atoms with Crippen LogP contribution in [0.3, 0.4) is 0 Å². The number of nitrogens with two attached hydrogens (primary N) is 1. The molecule has 0 spiro atoms. The Morgan fingerprint density at radius 2 is 2.15 bits per heavy atom. The standard InChI is InChI=1S/C20H30FN3O2/c1-14(2)8-11-24-12-9-16(4-6-19(24)25)23-20(26)17-13-15(7-10-22)3-5-18(17)21/h3,5,13-14,16H,4,6-12,22H2,1-2H3,(H,23,26). The normalized spacial score (nSPS) is 18.1. The number of halogens is 1. The summed E-state index contributed by atoms with van der Waals surface area (Å²) in [5, 5.41) is 2.90. The van der Waals surface area contributed by atoms with Crippen molar-refractivity contribution < 1.29 is 14.0 Å². The highest BCUT2D eigenvalue weighted by Gasteiger charge is 2.24. The molecule has 1 aliphatic rings. The second-order valence-electron chi connectivity index (χ2n) is 7.41. The molecule has 26 heavy (non-hydrogen) atoms. The number of nitrogens with one attached hydrogen (secondary N) is 1.